The van der Waals surface area contributed by atoms with Gasteiger partial charge in [-0.2, -0.15) is 0 Å². The molecule has 27 heavy (non-hydrogen) atoms. The summed E-state index contributed by atoms with van der Waals surface area (Å²) in [6.45, 7) is 0.956. The quantitative estimate of drug-likeness (QED) is 0.714. The molecule has 144 valence electrons. The van der Waals surface area contributed by atoms with E-state index in [2.05, 4.69) is 10.0 Å². The van der Waals surface area contributed by atoms with Crippen molar-refractivity contribution in [3.05, 3.63) is 65.2 Å². The van der Waals surface area contributed by atoms with E-state index in [4.69, 9.17) is 5.73 Å². The van der Waals surface area contributed by atoms with Crippen molar-refractivity contribution in [2.45, 2.75) is 23.3 Å². The van der Waals surface area contributed by atoms with Crippen molar-refractivity contribution >= 4 is 15.9 Å². The van der Waals surface area contributed by atoms with Gasteiger partial charge in [-0.1, -0.05) is 12.1 Å². The number of nitrogens with two attached hydrogens (primary N) is 1. The van der Waals surface area contributed by atoms with Crippen molar-refractivity contribution in [1.29, 1.82) is 0 Å². The van der Waals surface area contributed by atoms with Crippen LogP contribution < -0.4 is 15.8 Å². The van der Waals surface area contributed by atoms with E-state index in [0.29, 0.717) is 25.1 Å². The van der Waals surface area contributed by atoms with Gasteiger partial charge in [-0.15, -0.1) is 0 Å². The molecule has 0 aliphatic carbocycles. The van der Waals surface area contributed by atoms with E-state index in [1.807, 2.05) is 0 Å². The molecule has 1 aliphatic heterocycles. The molecule has 1 aliphatic rings. The van der Waals surface area contributed by atoms with Crippen LogP contribution in [-0.4, -0.2) is 33.5 Å². The van der Waals surface area contributed by atoms with Gasteiger partial charge in [0.1, 0.15) is 0 Å². The van der Waals surface area contributed by atoms with Gasteiger partial charge in [-0.05, 0) is 48.9 Å². The summed E-state index contributed by atoms with van der Waals surface area (Å²) in [4.78, 5) is 11.2. The molecule has 0 spiro atoms. The van der Waals surface area contributed by atoms with Gasteiger partial charge in [0.15, 0.2) is 11.6 Å². The predicted octanol–water partition coefficient (Wildman–Crippen LogP) is 1.49. The topological polar surface area (TPSA) is 101 Å². The summed E-state index contributed by atoms with van der Waals surface area (Å²) in [5, 5.41) is 3.10. The van der Waals surface area contributed by atoms with Crippen molar-refractivity contribution in [2.75, 3.05) is 13.1 Å². The molecule has 1 fully saturated rings. The monoisotopic (exact) mass is 395 g/mol. The highest BCUT2D eigenvalue weighted by atomic mass is 32.2. The number of hydrogen-bond donors (Lipinski definition) is 3. The largest absolute Gasteiger partial charge is 0.366 e. The first kappa shape index (κ1) is 19.4. The van der Waals surface area contributed by atoms with Crippen LogP contribution in [0.15, 0.2) is 47.4 Å². The highest BCUT2D eigenvalue weighted by Gasteiger charge is 2.31. The van der Waals surface area contributed by atoms with E-state index >= 15 is 0 Å². The summed E-state index contributed by atoms with van der Waals surface area (Å²) < 4.78 is 54.9. The molecular formula is C18H19F2N3O3S. The lowest BCUT2D eigenvalue weighted by Gasteiger charge is -2.33. The number of benzene rings is 2. The van der Waals surface area contributed by atoms with Crippen molar-refractivity contribution < 1.29 is 22.0 Å². The Balaban J connectivity index is 1.88. The molecule has 1 saturated heterocycles. The van der Waals surface area contributed by atoms with Crippen molar-refractivity contribution in [3.8, 4) is 0 Å². The van der Waals surface area contributed by atoms with Crippen LogP contribution in [0.1, 0.15) is 28.3 Å². The van der Waals surface area contributed by atoms with Crippen molar-refractivity contribution in [2.24, 2.45) is 5.73 Å². The molecule has 0 aromatic heterocycles. The molecule has 0 bridgehead atoms. The van der Waals surface area contributed by atoms with Crippen LogP contribution in [0.3, 0.4) is 0 Å². The van der Waals surface area contributed by atoms with Crippen LogP contribution in [0.5, 0.6) is 0 Å². The molecule has 2 aromatic carbocycles. The third kappa shape index (κ3) is 4.32. The Morgan fingerprint density at radius 2 is 1.93 bits per heavy atom. The van der Waals surface area contributed by atoms with E-state index in [9.17, 15) is 22.0 Å². The molecule has 6 nitrogen and oxygen atoms in total. The molecule has 4 N–H and O–H groups in total. The zero-order valence-electron chi connectivity index (χ0n) is 14.3. The Bertz CT molecular complexity index is 966. The van der Waals surface area contributed by atoms with E-state index in [1.54, 1.807) is 0 Å². The van der Waals surface area contributed by atoms with E-state index in [-0.39, 0.29) is 16.4 Å². The molecule has 2 unspecified atom stereocenters. The van der Waals surface area contributed by atoms with Gasteiger partial charge in [0, 0.05) is 24.1 Å². The second-order valence-electron chi connectivity index (χ2n) is 6.39. The fourth-order valence-corrected chi connectivity index (χ4v) is 4.53. The number of nitrogens with one attached hydrogen (secondary N) is 2. The Labute approximate surface area is 155 Å². The van der Waals surface area contributed by atoms with Crippen LogP contribution in [0.25, 0.3) is 0 Å². The SMILES string of the molecule is NC(=O)c1cccc(S(=O)(=O)NC2CNCCC2c2ccc(F)c(F)c2)c1. The summed E-state index contributed by atoms with van der Waals surface area (Å²) in [5.41, 5.74) is 5.81. The number of rotatable bonds is 5. The molecule has 1 amide bonds. The fraction of sp³-hybridized carbons (Fsp3) is 0.278. The molecule has 1 heterocycles. The molecule has 0 radical (unpaired) electrons. The molecule has 0 saturated carbocycles. The van der Waals surface area contributed by atoms with Crippen LogP contribution in [0, 0.1) is 11.6 Å². The normalized spacial score (nSPS) is 20.4. The molecule has 2 aromatic rings. The summed E-state index contributed by atoms with van der Waals surface area (Å²) in [7, 11) is -3.94. The van der Waals surface area contributed by atoms with Crippen LogP contribution in [-0.2, 0) is 10.0 Å². The number of sulfonamides is 1. The highest BCUT2D eigenvalue weighted by Crippen LogP contribution is 2.28. The number of halogens is 2. The van der Waals surface area contributed by atoms with Crippen LogP contribution >= 0.6 is 0 Å². The smallest absolute Gasteiger partial charge is 0.248 e. The minimum absolute atomic E-state index is 0.0804. The number of piperidine rings is 1. The number of primary amides is 1. The first-order valence-electron chi connectivity index (χ1n) is 8.36. The van der Waals surface area contributed by atoms with Gasteiger partial charge in [0.2, 0.25) is 15.9 Å². The minimum atomic E-state index is -3.94. The second kappa shape index (κ2) is 7.71. The number of amides is 1. The Kier molecular flexibility index (Phi) is 5.54. The zero-order chi connectivity index (χ0) is 19.6. The third-order valence-corrected chi connectivity index (χ3v) is 6.08. The summed E-state index contributed by atoms with van der Waals surface area (Å²) >= 11 is 0. The summed E-state index contributed by atoms with van der Waals surface area (Å²) in [6.07, 6.45) is 0.555. The predicted molar refractivity (Wildman–Crippen MR) is 95.7 cm³/mol. The van der Waals surface area contributed by atoms with E-state index in [1.165, 1.54) is 30.3 Å². The van der Waals surface area contributed by atoms with Crippen LogP contribution in [0.4, 0.5) is 8.78 Å². The van der Waals surface area contributed by atoms with Crippen molar-refractivity contribution in [3.63, 3.8) is 0 Å². The lowest BCUT2D eigenvalue weighted by atomic mass is 9.86. The second-order valence-corrected chi connectivity index (χ2v) is 8.11. The number of carbonyl (C=O) groups is 1. The maximum Gasteiger partial charge on any atom is 0.248 e. The maximum absolute atomic E-state index is 13.6. The van der Waals surface area contributed by atoms with Crippen molar-refractivity contribution in [1.82, 2.24) is 10.0 Å². The van der Waals surface area contributed by atoms with Gasteiger partial charge in [-0.25, -0.2) is 21.9 Å². The average Bonchev–Trinajstić information content (AvgIpc) is 2.64. The lowest BCUT2D eigenvalue weighted by Crippen LogP contribution is -2.49. The van der Waals surface area contributed by atoms with E-state index in [0.717, 1.165) is 12.1 Å². The molecule has 2 atom stereocenters. The van der Waals surface area contributed by atoms with Gasteiger partial charge >= 0.3 is 0 Å². The number of hydrogen-bond acceptors (Lipinski definition) is 4. The Hall–Kier alpha value is -2.36. The van der Waals surface area contributed by atoms with Gasteiger partial charge in [0.25, 0.3) is 0 Å². The molecular weight excluding hydrogens is 376 g/mol. The van der Waals surface area contributed by atoms with E-state index < -0.39 is 33.6 Å². The Morgan fingerprint density at radius 3 is 2.63 bits per heavy atom. The summed E-state index contributed by atoms with van der Waals surface area (Å²) in [5.74, 6) is -2.98. The average molecular weight is 395 g/mol. The third-order valence-electron chi connectivity index (χ3n) is 4.59. The maximum atomic E-state index is 13.6. The van der Waals surface area contributed by atoms with Gasteiger partial charge in [-0.3, -0.25) is 4.79 Å². The van der Waals surface area contributed by atoms with Gasteiger partial charge < -0.3 is 11.1 Å². The minimum Gasteiger partial charge on any atom is -0.366 e. The first-order valence-corrected chi connectivity index (χ1v) is 9.84. The first-order chi connectivity index (χ1) is 12.8. The molecule has 3 rings (SSSR count). The fourth-order valence-electron chi connectivity index (χ4n) is 3.21. The molecule has 9 heteroatoms. The lowest BCUT2D eigenvalue weighted by molar-refractivity contribution is 0.1000. The standard InChI is InChI=1S/C18H19F2N3O3S/c19-15-5-4-11(9-16(15)20)14-6-7-22-10-17(14)23-27(25,26)13-3-1-2-12(8-13)18(21)24/h1-5,8-9,14,17,22-23H,6-7,10H2,(H2,21,24). The van der Waals surface area contributed by atoms with Gasteiger partial charge in [0.05, 0.1) is 4.90 Å². The van der Waals surface area contributed by atoms with Crippen LogP contribution in [0.2, 0.25) is 0 Å². The zero-order valence-corrected chi connectivity index (χ0v) is 15.1. The Morgan fingerprint density at radius 1 is 1.15 bits per heavy atom. The highest BCUT2D eigenvalue weighted by molar-refractivity contribution is 7.89. The number of carbonyl (C=O) groups excluding carboxylic acids is 1. The summed E-state index contributed by atoms with van der Waals surface area (Å²) in [6, 6.07) is 8.45.